The fourth-order valence-corrected chi connectivity index (χ4v) is 1.50. The van der Waals surface area contributed by atoms with E-state index < -0.39 is 5.91 Å². The summed E-state index contributed by atoms with van der Waals surface area (Å²) < 4.78 is 0. The lowest BCUT2D eigenvalue weighted by molar-refractivity contribution is 0.0994. The summed E-state index contributed by atoms with van der Waals surface area (Å²) in [6, 6.07) is 3.31. The average molecular weight is 206 g/mol. The van der Waals surface area contributed by atoms with Crippen LogP contribution in [0.2, 0.25) is 0 Å². The van der Waals surface area contributed by atoms with E-state index in [1.54, 1.807) is 12.1 Å². The highest BCUT2D eigenvalue weighted by Gasteiger charge is 2.16. The smallest absolute Gasteiger partial charge is 0.269 e. The average Bonchev–Trinajstić information content (AvgIpc) is 2.16. The third-order valence-corrected chi connectivity index (χ3v) is 2.71. The minimum absolute atomic E-state index is 0.198. The Morgan fingerprint density at radius 2 is 2.27 bits per heavy atom. The van der Waals surface area contributed by atoms with Gasteiger partial charge in [0.05, 0.1) is 0 Å². The molecule has 1 aromatic rings. The second-order valence-corrected chi connectivity index (χ2v) is 3.85. The number of hydrogen-bond acceptors (Lipinski definition) is 4. The highest BCUT2D eigenvalue weighted by atomic mass is 16.1. The van der Waals surface area contributed by atoms with Crippen molar-refractivity contribution >= 4 is 11.7 Å². The molecule has 1 aromatic heterocycles. The van der Waals surface area contributed by atoms with Crippen LogP contribution >= 0.6 is 0 Å². The molecular weight excluding hydrogens is 192 g/mol. The number of rotatable bonds is 4. The zero-order chi connectivity index (χ0) is 10.7. The van der Waals surface area contributed by atoms with Gasteiger partial charge in [-0.1, -0.05) is 6.42 Å². The van der Waals surface area contributed by atoms with E-state index in [1.165, 1.54) is 19.3 Å². The van der Waals surface area contributed by atoms with Gasteiger partial charge in [-0.2, -0.15) is 0 Å². The van der Waals surface area contributed by atoms with Crippen LogP contribution in [-0.2, 0) is 0 Å². The number of nitrogens with zero attached hydrogens (tertiary/aromatic N) is 2. The van der Waals surface area contributed by atoms with Gasteiger partial charge in [0.25, 0.3) is 5.91 Å². The molecule has 0 aliphatic heterocycles. The van der Waals surface area contributed by atoms with Crippen LogP contribution in [0, 0.1) is 5.92 Å². The van der Waals surface area contributed by atoms with Gasteiger partial charge in [-0.25, -0.2) is 0 Å². The number of nitrogens with one attached hydrogen (secondary N) is 1. The topological polar surface area (TPSA) is 80.9 Å². The van der Waals surface area contributed by atoms with E-state index in [0.717, 1.165) is 12.5 Å². The second-order valence-electron chi connectivity index (χ2n) is 3.85. The second kappa shape index (κ2) is 4.25. The lowest BCUT2D eigenvalue weighted by Crippen LogP contribution is -2.21. The maximum Gasteiger partial charge on any atom is 0.269 e. The summed E-state index contributed by atoms with van der Waals surface area (Å²) in [5, 5.41) is 10.8. The summed E-state index contributed by atoms with van der Waals surface area (Å²) in [5.41, 5.74) is 5.25. The predicted molar refractivity (Wildman–Crippen MR) is 56.4 cm³/mol. The molecular formula is C10H14N4O. The van der Waals surface area contributed by atoms with Gasteiger partial charge in [-0.3, -0.25) is 4.79 Å². The van der Waals surface area contributed by atoms with E-state index in [1.807, 2.05) is 0 Å². The van der Waals surface area contributed by atoms with Crippen molar-refractivity contribution in [3.8, 4) is 0 Å². The summed E-state index contributed by atoms with van der Waals surface area (Å²) in [6.07, 6.45) is 3.91. The molecule has 80 valence electrons. The molecule has 0 unspecified atom stereocenters. The van der Waals surface area contributed by atoms with Gasteiger partial charge in [0.15, 0.2) is 5.69 Å². The maximum atomic E-state index is 10.7. The lowest BCUT2D eigenvalue weighted by Gasteiger charge is -2.25. The van der Waals surface area contributed by atoms with Crippen LogP contribution in [0.1, 0.15) is 29.8 Å². The van der Waals surface area contributed by atoms with Gasteiger partial charge in [-0.15, -0.1) is 10.2 Å². The largest absolute Gasteiger partial charge is 0.368 e. The SMILES string of the molecule is NC(=O)c1ccc(NCC2CCC2)nn1. The molecule has 0 atom stereocenters. The summed E-state index contributed by atoms with van der Waals surface area (Å²) in [4.78, 5) is 10.7. The summed E-state index contributed by atoms with van der Waals surface area (Å²) in [5.74, 6) is 0.919. The Bertz CT molecular complexity index is 345. The van der Waals surface area contributed by atoms with Crippen LogP contribution in [0.25, 0.3) is 0 Å². The van der Waals surface area contributed by atoms with Crippen LogP contribution in [0.15, 0.2) is 12.1 Å². The monoisotopic (exact) mass is 206 g/mol. The molecule has 0 saturated heterocycles. The van der Waals surface area contributed by atoms with Crippen molar-refractivity contribution in [2.45, 2.75) is 19.3 Å². The molecule has 0 spiro atoms. The zero-order valence-electron chi connectivity index (χ0n) is 8.44. The van der Waals surface area contributed by atoms with Gasteiger partial charge in [-0.05, 0) is 30.9 Å². The molecule has 1 saturated carbocycles. The van der Waals surface area contributed by atoms with Gasteiger partial charge in [0, 0.05) is 6.54 Å². The molecule has 1 heterocycles. The molecule has 1 fully saturated rings. The predicted octanol–water partition coefficient (Wildman–Crippen LogP) is 0.787. The van der Waals surface area contributed by atoms with Crippen molar-refractivity contribution in [3.63, 3.8) is 0 Å². The minimum Gasteiger partial charge on any atom is -0.368 e. The quantitative estimate of drug-likeness (QED) is 0.763. The molecule has 1 aliphatic rings. The fourth-order valence-electron chi connectivity index (χ4n) is 1.50. The standard InChI is InChI=1S/C10H14N4O/c11-10(15)8-4-5-9(14-13-8)12-6-7-2-1-3-7/h4-5,7H,1-3,6H2,(H2,11,15)(H,12,14). The molecule has 0 aromatic carbocycles. The van der Waals surface area contributed by atoms with Gasteiger partial charge < -0.3 is 11.1 Å². The van der Waals surface area contributed by atoms with Crippen molar-refractivity contribution in [1.82, 2.24) is 10.2 Å². The highest BCUT2D eigenvalue weighted by molar-refractivity contribution is 5.90. The van der Waals surface area contributed by atoms with E-state index in [-0.39, 0.29) is 5.69 Å². The number of hydrogen-bond donors (Lipinski definition) is 2. The van der Waals surface area contributed by atoms with Crippen molar-refractivity contribution in [1.29, 1.82) is 0 Å². The van der Waals surface area contributed by atoms with E-state index in [9.17, 15) is 4.79 Å². The van der Waals surface area contributed by atoms with Gasteiger partial charge in [0.1, 0.15) is 5.82 Å². The maximum absolute atomic E-state index is 10.7. The molecule has 5 nitrogen and oxygen atoms in total. The minimum atomic E-state index is -0.548. The van der Waals surface area contributed by atoms with E-state index >= 15 is 0 Å². The third kappa shape index (κ3) is 2.43. The molecule has 1 aliphatic carbocycles. The number of anilines is 1. The van der Waals surface area contributed by atoms with Gasteiger partial charge in [0.2, 0.25) is 0 Å². The Hall–Kier alpha value is -1.65. The molecule has 5 heteroatoms. The molecule has 2 rings (SSSR count). The number of carbonyl (C=O) groups is 1. The van der Waals surface area contributed by atoms with E-state index in [4.69, 9.17) is 5.73 Å². The Balaban J connectivity index is 1.88. The number of amides is 1. The summed E-state index contributed by atoms with van der Waals surface area (Å²) >= 11 is 0. The van der Waals surface area contributed by atoms with Crippen LogP contribution < -0.4 is 11.1 Å². The van der Waals surface area contributed by atoms with Crippen molar-refractivity contribution in [3.05, 3.63) is 17.8 Å². The number of aromatic nitrogens is 2. The first-order chi connectivity index (χ1) is 7.25. The number of primary amides is 1. The van der Waals surface area contributed by atoms with E-state index in [0.29, 0.717) is 5.82 Å². The first kappa shape index (κ1) is 9.89. The Kier molecular flexibility index (Phi) is 2.80. The van der Waals surface area contributed by atoms with Crippen molar-refractivity contribution < 1.29 is 4.79 Å². The van der Waals surface area contributed by atoms with Gasteiger partial charge >= 0.3 is 0 Å². The normalized spacial score (nSPS) is 15.7. The Morgan fingerprint density at radius 3 is 2.73 bits per heavy atom. The Labute approximate surface area is 88.1 Å². The lowest BCUT2D eigenvalue weighted by atomic mass is 9.85. The fraction of sp³-hybridized carbons (Fsp3) is 0.500. The van der Waals surface area contributed by atoms with Crippen LogP contribution in [0.3, 0.4) is 0 Å². The molecule has 15 heavy (non-hydrogen) atoms. The van der Waals surface area contributed by atoms with Crippen LogP contribution in [-0.4, -0.2) is 22.6 Å². The first-order valence-electron chi connectivity index (χ1n) is 5.13. The molecule has 3 N–H and O–H groups in total. The zero-order valence-corrected chi connectivity index (χ0v) is 8.44. The Morgan fingerprint density at radius 1 is 1.47 bits per heavy atom. The highest BCUT2D eigenvalue weighted by Crippen LogP contribution is 2.26. The van der Waals surface area contributed by atoms with Crippen molar-refractivity contribution in [2.24, 2.45) is 11.7 Å². The molecule has 0 bridgehead atoms. The van der Waals surface area contributed by atoms with Crippen LogP contribution in [0.4, 0.5) is 5.82 Å². The molecule has 1 amide bonds. The first-order valence-corrected chi connectivity index (χ1v) is 5.13. The van der Waals surface area contributed by atoms with Crippen LogP contribution in [0.5, 0.6) is 0 Å². The summed E-state index contributed by atoms with van der Waals surface area (Å²) in [6.45, 7) is 0.935. The third-order valence-electron chi connectivity index (χ3n) is 2.71. The molecule has 0 radical (unpaired) electrons. The van der Waals surface area contributed by atoms with Crippen molar-refractivity contribution in [2.75, 3.05) is 11.9 Å². The number of nitrogens with two attached hydrogens (primary N) is 1. The van der Waals surface area contributed by atoms with E-state index in [2.05, 4.69) is 15.5 Å². The summed E-state index contributed by atoms with van der Waals surface area (Å²) in [7, 11) is 0. The number of carbonyl (C=O) groups excluding carboxylic acids is 1.